The highest BCUT2D eigenvalue weighted by Gasteiger charge is 2.26. The Bertz CT molecular complexity index is 419. The summed E-state index contributed by atoms with van der Waals surface area (Å²) in [6.07, 6.45) is 2.66. The zero-order valence-electron chi connectivity index (χ0n) is 10.7. The predicted molar refractivity (Wildman–Crippen MR) is 68.0 cm³/mol. The van der Waals surface area contributed by atoms with E-state index in [4.69, 9.17) is 9.84 Å². The first-order valence-electron chi connectivity index (χ1n) is 6.09. The smallest absolute Gasteiger partial charge is 0.337 e. The lowest BCUT2D eigenvalue weighted by Gasteiger charge is -2.36. The molecule has 18 heavy (non-hydrogen) atoms. The first-order chi connectivity index (χ1) is 8.61. The number of piperidine rings is 1. The Kier molecular flexibility index (Phi) is 3.81. The van der Waals surface area contributed by atoms with Gasteiger partial charge in [-0.1, -0.05) is 6.92 Å². The molecule has 0 aromatic carbocycles. The van der Waals surface area contributed by atoms with Crippen molar-refractivity contribution in [3.05, 3.63) is 23.9 Å². The number of methoxy groups -OCH3 is 1. The number of hydrogen-bond acceptors (Lipinski definition) is 4. The van der Waals surface area contributed by atoms with Gasteiger partial charge in [-0.2, -0.15) is 0 Å². The van der Waals surface area contributed by atoms with Gasteiger partial charge >= 0.3 is 5.97 Å². The summed E-state index contributed by atoms with van der Waals surface area (Å²) >= 11 is 0. The maximum atomic E-state index is 10.8. The molecule has 0 amide bonds. The number of aromatic carboxylic acids is 1. The molecule has 1 fully saturated rings. The highest BCUT2D eigenvalue weighted by molar-refractivity contribution is 5.87. The molecule has 2 heterocycles. The number of hydrogen-bond donors (Lipinski definition) is 1. The largest absolute Gasteiger partial charge is 0.478 e. The van der Waals surface area contributed by atoms with E-state index in [0.717, 1.165) is 25.3 Å². The Morgan fingerprint density at radius 3 is 2.89 bits per heavy atom. The fourth-order valence-electron chi connectivity index (χ4n) is 2.25. The Hall–Kier alpha value is -1.62. The zero-order chi connectivity index (χ0) is 13.1. The standard InChI is InChI=1S/C13H18N2O3/c1-9-5-6-15(8-11(9)18-2)12-4-3-10(7-14-12)13(16)17/h3-4,7,9,11H,5-6,8H2,1-2H3,(H,16,17). The molecule has 2 atom stereocenters. The van der Waals surface area contributed by atoms with E-state index in [2.05, 4.69) is 16.8 Å². The van der Waals surface area contributed by atoms with Crippen molar-refractivity contribution in [1.29, 1.82) is 0 Å². The molecular formula is C13H18N2O3. The van der Waals surface area contributed by atoms with Gasteiger partial charge < -0.3 is 14.7 Å². The van der Waals surface area contributed by atoms with E-state index < -0.39 is 5.97 Å². The minimum Gasteiger partial charge on any atom is -0.478 e. The number of aromatic nitrogens is 1. The van der Waals surface area contributed by atoms with Crippen molar-refractivity contribution >= 4 is 11.8 Å². The summed E-state index contributed by atoms with van der Waals surface area (Å²) in [6, 6.07) is 3.34. The molecule has 98 valence electrons. The number of carbonyl (C=O) groups is 1. The summed E-state index contributed by atoms with van der Waals surface area (Å²) in [5.41, 5.74) is 0.215. The normalized spacial score (nSPS) is 24.0. The lowest BCUT2D eigenvalue weighted by Crippen LogP contribution is -2.44. The van der Waals surface area contributed by atoms with E-state index in [1.54, 1.807) is 19.2 Å². The van der Waals surface area contributed by atoms with Crippen molar-refractivity contribution in [3.63, 3.8) is 0 Å². The van der Waals surface area contributed by atoms with Crippen molar-refractivity contribution in [2.24, 2.45) is 5.92 Å². The lowest BCUT2D eigenvalue weighted by molar-refractivity contribution is 0.0496. The van der Waals surface area contributed by atoms with Gasteiger partial charge in [0.2, 0.25) is 0 Å². The highest BCUT2D eigenvalue weighted by Crippen LogP contribution is 2.23. The van der Waals surface area contributed by atoms with Crippen LogP contribution in [-0.2, 0) is 4.74 Å². The van der Waals surface area contributed by atoms with Crippen LogP contribution in [0.2, 0.25) is 0 Å². The predicted octanol–water partition coefficient (Wildman–Crippen LogP) is 1.64. The minimum absolute atomic E-state index is 0.208. The van der Waals surface area contributed by atoms with E-state index in [-0.39, 0.29) is 11.7 Å². The average molecular weight is 250 g/mol. The molecule has 1 aromatic rings. The molecule has 0 spiro atoms. The van der Waals surface area contributed by atoms with Crippen molar-refractivity contribution in [3.8, 4) is 0 Å². The van der Waals surface area contributed by atoms with Crippen LogP contribution in [0.15, 0.2) is 18.3 Å². The number of rotatable bonds is 3. The maximum absolute atomic E-state index is 10.8. The van der Waals surface area contributed by atoms with Gasteiger partial charge in [-0.15, -0.1) is 0 Å². The number of carboxylic acids is 1. The zero-order valence-corrected chi connectivity index (χ0v) is 10.7. The number of pyridine rings is 1. The molecule has 1 N–H and O–H groups in total. The third-order valence-electron chi connectivity index (χ3n) is 3.51. The SMILES string of the molecule is COC1CN(c2ccc(C(=O)O)cn2)CCC1C. The Morgan fingerprint density at radius 2 is 2.33 bits per heavy atom. The van der Waals surface area contributed by atoms with Crippen LogP contribution in [0.3, 0.4) is 0 Å². The number of carboxylic acid groups (broad SMARTS) is 1. The second kappa shape index (κ2) is 5.35. The van der Waals surface area contributed by atoms with E-state index in [9.17, 15) is 4.79 Å². The third-order valence-corrected chi connectivity index (χ3v) is 3.51. The van der Waals surface area contributed by atoms with Crippen LogP contribution in [0, 0.1) is 5.92 Å². The third kappa shape index (κ3) is 2.61. The summed E-state index contributed by atoms with van der Waals surface area (Å²) in [6.45, 7) is 3.92. The van der Waals surface area contributed by atoms with E-state index in [0.29, 0.717) is 5.92 Å². The molecule has 1 aromatic heterocycles. The molecule has 1 saturated heterocycles. The maximum Gasteiger partial charge on any atom is 0.337 e. The second-order valence-electron chi connectivity index (χ2n) is 4.70. The number of ether oxygens (including phenoxy) is 1. The van der Waals surface area contributed by atoms with Gasteiger partial charge in [0.25, 0.3) is 0 Å². The number of anilines is 1. The quantitative estimate of drug-likeness (QED) is 0.883. The van der Waals surface area contributed by atoms with Crippen molar-refractivity contribution in [2.75, 3.05) is 25.1 Å². The van der Waals surface area contributed by atoms with Gasteiger partial charge in [-0.3, -0.25) is 0 Å². The van der Waals surface area contributed by atoms with Gasteiger partial charge in [0.05, 0.1) is 11.7 Å². The molecule has 5 heteroatoms. The summed E-state index contributed by atoms with van der Waals surface area (Å²) in [5.74, 6) is 0.412. The Labute approximate surface area is 106 Å². The van der Waals surface area contributed by atoms with Crippen LogP contribution < -0.4 is 4.90 Å². The molecule has 0 radical (unpaired) electrons. The van der Waals surface area contributed by atoms with Crippen molar-refractivity contribution < 1.29 is 14.6 Å². The molecule has 5 nitrogen and oxygen atoms in total. The summed E-state index contributed by atoms with van der Waals surface area (Å²) in [4.78, 5) is 17.1. The first-order valence-corrected chi connectivity index (χ1v) is 6.09. The summed E-state index contributed by atoms with van der Waals surface area (Å²) in [7, 11) is 1.73. The van der Waals surface area contributed by atoms with Gasteiger partial charge in [0, 0.05) is 26.4 Å². The van der Waals surface area contributed by atoms with Gasteiger partial charge in [-0.05, 0) is 24.5 Å². The highest BCUT2D eigenvalue weighted by atomic mass is 16.5. The van der Waals surface area contributed by atoms with Crippen LogP contribution in [0.1, 0.15) is 23.7 Å². The summed E-state index contributed by atoms with van der Waals surface area (Å²) in [5, 5.41) is 8.83. The average Bonchev–Trinajstić information content (AvgIpc) is 2.39. The van der Waals surface area contributed by atoms with Crippen LogP contribution in [-0.4, -0.2) is 42.4 Å². The van der Waals surface area contributed by atoms with Crippen LogP contribution >= 0.6 is 0 Å². The van der Waals surface area contributed by atoms with Crippen LogP contribution in [0.4, 0.5) is 5.82 Å². The van der Waals surface area contributed by atoms with Crippen LogP contribution in [0.5, 0.6) is 0 Å². The first kappa shape index (κ1) is 12.8. The van der Waals surface area contributed by atoms with Crippen LogP contribution in [0.25, 0.3) is 0 Å². The molecule has 0 saturated carbocycles. The Morgan fingerprint density at radius 1 is 1.56 bits per heavy atom. The Balaban J connectivity index is 2.09. The molecule has 2 rings (SSSR count). The minimum atomic E-state index is -0.948. The van der Waals surface area contributed by atoms with Crippen molar-refractivity contribution in [1.82, 2.24) is 4.98 Å². The van der Waals surface area contributed by atoms with Gasteiger partial charge in [-0.25, -0.2) is 9.78 Å². The van der Waals surface area contributed by atoms with Crippen molar-refractivity contribution in [2.45, 2.75) is 19.4 Å². The topological polar surface area (TPSA) is 62.7 Å². The van der Waals surface area contributed by atoms with E-state index in [1.807, 2.05) is 0 Å². The lowest BCUT2D eigenvalue weighted by atomic mass is 9.96. The fourth-order valence-corrected chi connectivity index (χ4v) is 2.25. The van der Waals surface area contributed by atoms with Gasteiger partial charge in [0.15, 0.2) is 0 Å². The molecular weight excluding hydrogens is 232 g/mol. The second-order valence-corrected chi connectivity index (χ2v) is 4.70. The molecule has 0 bridgehead atoms. The fraction of sp³-hybridized carbons (Fsp3) is 0.538. The van der Waals surface area contributed by atoms with E-state index in [1.165, 1.54) is 6.20 Å². The summed E-state index contributed by atoms with van der Waals surface area (Å²) < 4.78 is 5.45. The monoisotopic (exact) mass is 250 g/mol. The van der Waals surface area contributed by atoms with E-state index >= 15 is 0 Å². The van der Waals surface area contributed by atoms with Gasteiger partial charge in [0.1, 0.15) is 5.82 Å². The molecule has 0 aliphatic carbocycles. The molecule has 1 aliphatic rings. The number of nitrogens with zero attached hydrogens (tertiary/aromatic N) is 2. The molecule has 1 aliphatic heterocycles. The molecule has 2 unspecified atom stereocenters.